The third kappa shape index (κ3) is 3.35. The third-order valence-corrected chi connectivity index (χ3v) is 3.58. The number of methoxy groups -OCH3 is 1. The minimum absolute atomic E-state index is 0. The highest BCUT2D eigenvalue weighted by Crippen LogP contribution is 2.43. The van der Waals surface area contributed by atoms with Gasteiger partial charge in [0.25, 0.3) is 0 Å². The minimum atomic E-state index is -1.02. The Morgan fingerprint density at radius 2 is 2.00 bits per heavy atom. The van der Waals surface area contributed by atoms with Gasteiger partial charge in [-0.15, -0.1) is 12.4 Å². The van der Waals surface area contributed by atoms with E-state index in [1.807, 2.05) is 30.3 Å². The van der Waals surface area contributed by atoms with Crippen LogP contribution < -0.4 is 14.2 Å². The van der Waals surface area contributed by atoms with Crippen molar-refractivity contribution in [1.29, 1.82) is 0 Å². The number of ether oxygens (including phenoxy) is 3. The molecule has 0 radical (unpaired) electrons. The molecule has 0 bridgehead atoms. The number of halogens is 1. The van der Waals surface area contributed by atoms with Crippen LogP contribution in [0.2, 0.25) is 0 Å². The minimum Gasteiger partial charge on any atom is -0.493 e. The molecule has 2 aromatic rings. The fourth-order valence-electron chi connectivity index (χ4n) is 2.55. The van der Waals surface area contributed by atoms with Crippen LogP contribution in [0.25, 0.3) is 0 Å². The molecule has 1 heterocycles. The van der Waals surface area contributed by atoms with E-state index < -0.39 is 5.97 Å². The molecule has 1 aliphatic rings. The number of fused-ring (bicyclic) bond motifs is 1. The van der Waals surface area contributed by atoms with E-state index in [0.29, 0.717) is 42.4 Å². The van der Waals surface area contributed by atoms with Crippen molar-refractivity contribution in [3.63, 3.8) is 0 Å². The van der Waals surface area contributed by atoms with E-state index in [4.69, 9.17) is 14.2 Å². The molecule has 23 heavy (non-hydrogen) atoms. The van der Waals surface area contributed by atoms with E-state index in [1.165, 1.54) is 7.11 Å². The van der Waals surface area contributed by atoms with Gasteiger partial charge in [-0.3, -0.25) is 0 Å². The van der Waals surface area contributed by atoms with Crippen molar-refractivity contribution in [3.05, 3.63) is 53.1 Å². The number of carbonyl (C=O) groups is 1. The van der Waals surface area contributed by atoms with Crippen LogP contribution in [0, 0.1) is 0 Å². The molecule has 0 saturated heterocycles. The molecule has 0 amide bonds. The van der Waals surface area contributed by atoms with Crippen molar-refractivity contribution >= 4 is 18.4 Å². The van der Waals surface area contributed by atoms with Crippen LogP contribution in [-0.2, 0) is 13.0 Å². The fraction of sp³-hybridized carbons (Fsp3) is 0.235. The van der Waals surface area contributed by atoms with Crippen LogP contribution in [0.4, 0.5) is 0 Å². The molecule has 1 N–H and O–H groups in total. The van der Waals surface area contributed by atoms with Gasteiger partial charge < -0.3 is 19.3 Å². The number of benzene rings is 2. The predicted octanol–water partition coefficient (Wildman–Crippen LogP) is 3.33. The number of hydrogen-bond acceptors (Lipinski definition) is 4. The average molecular weight is 337 g/mol. The molecule has 2 aromatic carbocycles. The molecule has 0 fully saturated rings. The van der Waals surface area contributed by atoms with Gasteiger partial charge in [-0.25, -0.2) is 4.79 Å². The van der Waals surface area contributed by atoms with Crippen LogP contribution in [0.1, 0.15) is 21.5 Å². The summed E-state index contributed by atoms with van der Waals surface area (Å²) in [5.41, 5.74) is 1.76. The zero-order valence-electron chi connectivity index (χ0n) is 12.6. The molecule has 0 spiro atoms. The molecule has 0 unspecified atom stereocenters. The Morgan fingerprint density at radius 3 is 2.65 bits per heavy atom. The summed E-state index contributed by atoms with van der Waals surface area (Å²) < 4.78 is 16.5. The maximum Gasteiger partial charge on any atom is 0.339 e. The first-order valence-electron chi connectivity index (χ1n) is 6.97. The Morgan fingerprint density at radius 1 is 1.26 bits per heavy atom. The molecule has 0 atom stereocenters. The van der Waals surface area contributed by atoms with Gasteiger partial charge in [-0.05, 0) is 5.56 Å². The van der Waals surface area contributed by atoms with E-state index >= 15 is 0 Å². The van der Waals surface area contributed by atoms with Crippen molar-refractivity contribution in [2.75, 3.05) is 13.7 Å². The summed E-state index contributed by atoms with van der Waals surface area (Å²) in [4.78, 5) is 11.6. The van der Waals surface area contributed by atoms with Crippen molar-refractivity contribution in [3.8, 4) is 17.2 Å². The second kappa shape index (κ2) is 7.24. The molecule has 3 rings (SSSR count). The molecule has 122 valence electrons. The van der Waals surface area contributed by atoms with E-state index in [0.717, 1.165) is 5.56 Å². The quantitative estimate of drug-likeness (QED) is 0.907. The SMILES string of the molecule is COc1cc(OCc2ccccc2)c(C(=O)O)c2c1OCC2.Cl. The molecular weight excluding hydrogens is 320 g/mol. The first-order valence-corrected chi connectivity index (χ1v) is 6.97. The van der Waals surface area contributed by atoms with Gasteiger partial charge in [0, 0.05) is 18.1 Å². The largest absolute Gasteiger partial charge is 0.493 e. The third-order valence-electron chi connectivity index (χ3n) is 3.58. The normalized spacial score (nSPS) is 11.9. The number of rotatable bonds is 5. The zero-order valence-corrected chi connectivity index (χ0v) is 13.4. The van der Waals surface area contributed by atoms with E-state index in [-0.39, 0.29) is 18.0 Å². The highest BCUT2D eigenvalue weighted by Gasteiger charge is 2.28. The summed E-state index contributed by atoms with van der Waals surface area (Å²) in [6, 6.07) is 11.2. The predicted molar refractivity (Wildman–Crippen MR) is 87.2 cm³/mol. The highest BCUT2D eigenvalue weighted by molar-refractivity contribution is 5.94. The van der Waals surface area contributed by atoms with Gasteiger partial charge in [0.2, 0.25) is 0 Å². The summed E-state index contributed by atoms with van der Waals surface area (Å²) in [5, 5.41) is 9.51. The Bertz CT molecular complexity index is 700. The summed E-state index contributed by atoms with van der Waals surface area (Å²) in [5.74, 6) is 0.289. The van der Waals surface area contributed by atoms with Crippen LogP contribution in [0.5, 0.6) is 17.2 Å². The van der Waals surface area contributed by atoms with E-state index in [1.54, 1.807) is 6.07 Å². The van der Waals surface area contributed by atoms with Crippen LogP contribution in [-0.4, -0.2) is 24.8 Å². The van der Waals surface area contributed by atoms with Gasteiger partial charge in [0.15, 0.2) is 11.5 Å². The molecule has 0 saturated carbocycles. The molecule has 6 heteroatoms. The zero-order chi connectivity index (χ0) is 15.5. The lowest BCUT2D eigenvalue weighted by Crippen LogP contribution is -2.07. The first kappa shape index (κ1) is 17.0. The van der Waals surface area contributed by atoms with Gasteiger partial charge in [-0.2, -0.15) is 0 Å². The van der Waals surface area contributed by atoms with Crippen molar-refractivity contribution in [2.24, 2.45) is 0 Å². The Labute approximate surface area is 140 Å². The van der Waals surface area contributed by atoms with Crippen LogP contribution >= 0.6 is 12.4 Å². The Balaban J connectivity index is 0.00000192. The maximum atomic E-state index is 11.6. The van der Waals surface area contributed by atoms with Gasteiger partial charge in [-0.1, -0.05) is 30.3 Å². The number of aromatic carboxylic acids is 1. The Kier molecular flexibility index (Phi) is 5.34. The molecular formula is C17H17ClO5. The molecule has 0 aliphatic carbocycles. The summed E-state index contributed by atoms with van der Waals surface area (Å²) in [7, 11) is 1.53. The highest BCUT2D eigenvalue weighted by atomic mass is 35.5. The second-order valence-electron chi connectivity index (χ2n) is 4.94. The molecule has 5 nitrogen and oxygen atoms in total. The van der Waals surface area contributed by atoms with Gasteiger partial charge in [0.05, 0.1) is 13.7 Å². The standard InChI is InChI=1S/C17H16O5.ClH/c1-20-14-9-13(22-10-11-5-3-2-4-6-11)15(17(18)19)12-7-8-21-16(12)14;/h2-6,9H,7-8,10H2,1H3,(H,18,19);1H. The second-order valence-corrected chi connectivity index (χ2v) is 4.94. The maximum absolute atomic E-state index is 11.6. The smallest absolute Gasteiger partial charge is 0.339 e. The number of carboxylic acids is 1. The average Bonchev–Trinajstić information content (AvgIpc) is 3.01. The molecule has 0 aromatic heterocycles. The lowest BCUT2D eigenvalue weighted by atomic mass is 10.0. The Hall–Kier alpha value is -2.40. The lowest BCUT2D eigenvalue weighted by molar-refractivity contribution is 0.0690. The topological polar surface area (TPSA) is 65.0 Å². The number of carboxylic acid groups (broad SMARTS) is 1. The lowest BCUT2D eigenvalue weighted by Gasteiger charge is -2.15. The van der Waals surface area contributed by atoms with Gasteiger partial charge in [0.1, 0.15) is 17.9 Å². The van der Waals surface area contributed by atoms with E-state index in [2.05, 4.69) is 0 Å². The summed E-state index contributed by atoms with van der Waals surface area (Å²) in [6.45, 7) is 0.748. The number of hydrogen-bond donors (Lipinski definition) is 1. The van der Waals surface area contributed by atoms with E-state index in [9.17, 15) is 9.90 Å². The van der Waals surface area contributed by atoms with Crippen molar-refractivity contribution < 1.29 is 24.1 Å². The van der Waals surface area contributed by atoms with Gasteiger partial charge >= 0.3 is 5.97 Å². The summed E-state index contributed by atoms with van der Waals surface area (Å²) in [6.07, 6.45) is 0.538. The fourth-order valence-corrected chi connectivity index (χ4v) is 2.55. The first-order chi connectivity index (χ1) is 10.7. The van der Waals surface area contributed by atoms with Crippen molar-refractivity contribution in [1.82, 2.24) is 0 Å². The monoisotopic (exact) mass is 336 g/mol. The van der Waals surface area contributed by atoms with Crippen LogP contribution in [0.15, 0.2) is 36.4 Å². The van der Waals surface area contributed by atoms with Crippen LogP contribution in [0.3, 0.4) is 0 Å². The summed E-state index contributed by atoms with van der Waals surface area (Å²) >= 11 is 0. The molecule has 1 aliphatic heterocycles. The van der Waals surface area contributed by atoms with Crippen molar-refractivity contribution in [2.45, 2.75) is 13.0 Å².